The summed E-state index contributed by atoms with van der Waals surface area (Å²) in [6.45, 7) is 4.32. The highest BCUT2D eigenvalue weighted by Crippen LogP contribution is 2.30. The summed E-state index contributed by atoms with van der Waals surface area (Å²) in [6, 6.07) is 13.1. The smallest absolute Gasteiger partial charge is 0.361 e. The lowest BCUT2D eigenvalue weighted by molar-refractivity contribution is 0.347. The van der Waals surface area contributed by atoms with Gasteiger partial charge in [-0.3, -0.25) is 0 Å². The number of hydrogen-bond donors (Lipinski definition) is 1. The second-order valence-corrected chi connectivity index (χ2v) is 5.97. The van der Waals surface area contributed by atoms with E-state index in [0.29, 0.717) is 17.5 Å². The van der Waals surface area contributed by atoms with Crippen molar-refractivity contribution in [2.45, 2.75) is 0 Å². The lowest BCUT2D eigenvalue weighted by atomic mass is 10.1. The minimum atomic E-state index is -0.426. The average Bonchev–Trinajstić information content (AvgIpc) is 3.02. The Bertz CT molecular complexity index is 1260. The molecule has 0 unspecified atom stereocenters. The monoisotopic (exact) mass is 347 g/mol. The number of fused-ring (bicyclic) bond motifs is 1. The maximum Gasteiger partial charge on any atom is 0.361 e. The van der Waals surface area contributed by atoms with Gasteiger partial charge in [-0.05, 0) is 41.1 Å². The van der Waals surface area contributed by atoms with Crippen molar-refractivity contribution < 1.29 is 13.9 Å². The minimum absolute atomic E-state index is 0.361. The number of oxazole rings is 1. The summed E-state index contributed by atoms with van der Waals surface area (Å²) in [5.74, 6) is 1.50. The second-order valence-electron chi connectivity index (χ2n) is 5.97. The molecule has 0 saturated carbocycles. The molecule has 130 valence electrons. The number of ether oxygens (including phenoxy) is 2. The third kappa shape index (κ3) is 2.95. The molecule has 2 aromatic carbocycles. The summed E-state index contributed by atoms with van der Waals surface area (Å²) in [7, 11) is 1.62. The van der Waals surface area contributed by atoms with Crippen LogP contribution >= 0.6 is 0 Å². The van der Waals surface area contributed by atoms with Crippen molar-refractivity contribution in [2.24, 2.45) is 0 Å². The Balaban J connectivity index is 1.82. The molecule has 1 aliphatic rings. The van der Waals surface area contributed by atoms with Crippen LogP contribution in [-0.4, -0.2) is 18.7 Å². The number of H-pyrrole nitrogens is 1. The van der Waals surface area contributed by atoms with E-state index in [4.69, 9.17) is 13.9 Å². The lowest BCUT2D eigenvalue weighted by Crippen LogP contribution is -2.22. The van der Waals surface area contributed by atoms with Crippen LogP contribution in [0.3, 0.4) is 0 Å². The van der Waals surface area contributed by atoms with Gasteiger partial charge in [0.1, 0.15) is 23.5 Å². The Hall–Kier alpha value is -3.47. The van der Waals surface area contributed by atoms with Crippen LogP contribution in [0.2, 0.25) is 0 Å². The predicted octanol–water partition coefficient (Wildman–Crippen LogP) is 1.93. The van der Waals surface area contributed by atoms with E-state index in [1.807, 2.05) is 48.5 Å². The van der Waals surface area contributed by atoms with Crippen molar-refractivity contribution in [3.63, 3.8) is 0 Å². The molecule has 1 aromatic heterocycles. The number of benzene rings is 2. The molecule has 1 N–H and O–H groups in total. The van der Waals surface area contributed by atoms with Gasteiger partial charge in [-0.1, -0.05) is 24.8 Å². The lowest BCUT2D eigenvalue weighted by Gasteiger charge is -2.16. The number of nitrogens with one attached hydrogen (secondary N) is 1. The van der Waals surface area contributed by atoms with Crippen molar-refractivity contribution in [1.82, 2.24) is 4.98 Å². The zero-order valence-electron chi connectivity index (χ0n) is 14.2. The molecule has 26 heavy (non-hydrogen) atoms. The Morgan fingerprint density at radius 3 is 2.88 bits per heavy atom. The highest BCUT2D eigenvalue weighted by molar-refractivity contribution is 5.70. The number of aromatic nitrogens is 1. The van der Waals surface area contributed by atoms with Gasteiger partial charge in [0.2, 0.25) is 5.55 Å². The van der Waals surface area contributed by atoms with Gasteiger partial charge in [0.25, 0.3) is 0 Å². The first-order valence-corrected chi connectivity index (χ1v) is 8.14. The molecule has 0 bridgehead atoms. The Kier molecular flexibility index (Phi) is 3.97. The standard InChI is InChI=1S/C21H17NO4/c1-13-5-3-4-6-17(13)20-22-18(21(23)26-20)10-14-9-15-7-8-16(24-2)11-19(15)25-12-14/h3-11,22H,1,12H2,2H3. The molecule has 3 aromatic rings. The van der Waals surface area contributed by atoms with Gasteiger partial charge < -0.3 is 18.9 Å². The summed E-state index contributed by atoms with van der Waals surface area (Å²) in [5, 5.41) is 1.91. The highest BCUT2D eigenvalue weighted by Gasteiger charge is 2.11. The van der Waals surface area contributed by atoms with E-state index >= 15 is 0 Å². The molecule has 0 saturated heterocycles. The maximum absolute atomic E-state index is 12.2. The normalized spacial score (nSPS) is 15.1. The zero-order chi connectivity index (χ0) is 18.1. The van der Waals surface area contributed by atoms with E-state index in [0.717, 1.165) is 33.1 Å². The van der Waals surface area contributed by atoms with E-state index in [9.17, 15) is 4.79 Å². The van der Waals surface area contributed by atoms with Crippen molar-refractivity contribution in [3.05, 3.63) is 85.4 Å². The van der Waals surface area contributed by atoms with Crippen molar-refractivity contribution >= 4 is 18.7 Å². The third-order valence-electron chi connectivity index (χ3n) is 4.21. The van der Waals surface area contributed by atoms with E-state index in [1.165, 1.54) is 0 Å². The van der Waals surface area contributed by atoms with Crippen molar-refractivity contribution in [2.75, 3.05) is 13.7 Å². The molecule has 0 fully saturated rings. The first kappa shape index (κ1) is 16.0. The number of methoxy groups -OCH3 is 1. The molecular weight excluding hydrogens is 330 g/mol. The SMILES string of the molecule is C=c1ccccc1=c1[nH]c(=CC2=Cc3ccc(OC)cc3OC2)c(=O)o1. The van der Waals surface area contributed by atoms with E-state index in [2.05, 4.69) is 11.6 Å². The molecular formula is C21H17NO4. The quantitative estimate of drug-likeness (QED) is 0.769. The van der Waals surface area contributed by atoms with E-state index in [-0.39, 0.29) is 0 Å². The molecule has 2 heterocycles. The summed E-state index contributed by atoms with van der Waals surface area (Å²) in [4.78, 5) is 15.2. The fourth-order valence-corrected chi connectivity index (χ4v) is 2.86. The molecule has 0 atom stereocenters. The molecule has 0 aliphatic carbocycles. The maximum atomic E-state index is 12.2. The second kappa shape index (κ2) is 6.44. The fraction of sp³-hybridized carbons (Fsp3) is 0.0952. The van der Waals surface area contributed by atoms with Crippen LogP contribution in [0.4, 0.5) is 0 Å². The first-order valence-electron chi connectivity index (χ1n) is 8.14. The van der Waals surface area contributed by atoms with E-state index in [1.54, 1.807) is 13.2 Å². The molecule has 5 nitrogen and oxygen atoms in total. The third-order valence-corrected chi connectivity index (χ3v) is 4.21. The molecule has 1 aliphatic heterocycles. The molecule has 5 heteroatoms. The van der Waals surface area contributed by atoms with Gasteiger partial charge in [0.15, 0.2) is 0 Å². The van der Waals surface area contributed by atoms with Crippen LogP contribution in [0.1, 0.15) is 5.56 Å². The topological polar surface area (TPSA) is 64.5 Å². The fourth-order valence-electron chi connectivity index (χ4n) is 2.86. The summed E-state index contributed by atoms with van der Waals surface area (Å²) >= 11 is 0. The van der Waals surface area contributed by atoms with Crippen LogP contribution < -0.4 is 25.7 Å². The van der Waals surface area contributed by atoms with Crippen LogP contribution in [0.25, 0.3) is 18.7 Å². The van der Waals surface area contributed by atoms with Gasteiger partial charge >= 0.3 is 5.63 Å². The van der Waals surface area contributed by atoms with Gasteiger partial charge in [-0.25, -0.2) is 4.79 Å². The van der Waals surface area contributed by atoms with Crippen molar-refractivity contribution in [1.29, 1.82) is 0 Å². The largest absolute Gasteiger partial charge is 0.497 e. The Labute approximate surface area is 148 Å². The minimum Gasteiger partial charge on any atom is -0.497 e. The van der Waals surface area contributed by atoms with Crippen LogP contribution in [0.15, 0.2) is 57.2 Å². The molecule has 0 amide bonds. The summed E-state index contributed by atoms with van der Waals surface area (Å²) in [5.41, 5.74) is 1.77. The highest BCUT2D eigenvalue weighted by atomic mass is 16.5. The van der Waals surface area contributed by atoms with Crippen LogP contribution in [0.5, 0.6) is 11.5 Å². The first-order chi connectivity index (χ1) is 12.6. The van der Waals surface area contributed by atoms with E-state index < -0.39 is 5.63 Å². The van der Waals surface area contributed by atoms with Crippen LogP contribution in [-0.2, 0) is 0 Å². The van der Waals surface area contributed by atoms with Gasteiger partial charge in [-0.2, -0.15) is 0 Å². The number of aromatic amines is 1. The number of rotatable bonds is 2. The number of hydrogen-bond acceptors (Lipinski definition) is 4. The molecule has 4 rings (SSSR count). The van der Waals surface area contributed by atoms with Crippen LogP contribution in [0, 0.1) is 10.8 Å². The van der Waals surface area contributed by atoms with Crippen molar-refractivity contribution in [3.8, 4) is 11.5 Å². The van der Waals surface area contributed by atoms with Gasteiger partial charge in [-0.15, -0.1) is 0 Å². The van der Waals surface area contributed by atoms with Gasteiger partial charge in [0, 0.05) is 16.8 Å². The average molecular weight is 347 g/mol. The van der Waals surface area contributed by atoms with Gasteiger partial charge in [0.05, 0.1) is 7.11 Å². The Morgan fingerprint density at radius 2 is 2.08 bits per heavy atom. The zero-order valence-corrected chi connectivity index (χ0v) is 14.2. The molecule has 0 radical (unpaired) electrons. The predicted molar refractivity (Wildman–Crippen MR) is 99.1 cm³/mol. The Morgan fingerprint density at radius 1 is 1.23 bits per heavy atom. The molecule has 0 spiro atoms. The summed E-state index contributed by atoms with van der Waals surface area (Å²) < 4.78 is 16.3. The summed E-state index contributed by atoms with van der Waals surface area (Å²) in [6.07, 6.45) is 3.72.